The Morgan fingerprint density at radius 3 is 2.31 bits per heavy atom. The Balaban J connectivity index is 1.91. The van der Waals surface area contributed by atoms with E-state index in [0.717, 1.165) is 4.90 Å². The van der Waals surface area contributed by atoms with Crippen molar-refractivity contribution in [3.8, 4) is 0 Å². The number of hydrogen-bond acceptors (Lipinski definition) is 4. The predicted molar refractivity (Wildman–Crippen MR) is 96.4 cm³/mol. The van der Waals surface area contributed by atoms with Crippen LogP contribution in [-0.2, 0) is 12.0 Å². The highest BCUT2D eigenvalue weighted by Gasteiger charge is 2.32. The van der Waals surface area contributed by atoms with Gasteiger partial charge in [-0.25, -0.2) is 8.78 Å². The number of nitrogens with one attached hydrogen (secondary N) is 1. The Kier molecular flexibility index (Phi) is 5.49. The molecule has 0 saturated carbocycles. The summed E-state index contributed by atoms with van der Waals surface area (Å²) in [7, 11) is 0. The topological polar surface area (TPSA) is 61.8 Å². The molecule has 0 saturated heterocycles. The van der Waals surface area contributed by atoms with Crippen LogP contribution in [0, 0.1) is 11.6 Å². The molecule has 2 aromatic carbocycles. The maximum Gasteiger partial charge on any atom is 0.123 e. The number of halogens is 2. The molecule has 3 aromatic rings. The van der Waals surface area contributed by atoms with Crippen molar-refractivity contribution in [3.05, 3.63) is 88.6 Å². The third-order valence-electron chi connectivity index (χ3n) is 4.06. The van der Waals surface area contributed by atoms with Crippen molar-refractivity contribution < 1.29 is 13.9 Å². The molecule has 1 unspecified atom stereocenters. The van der Waals surface area contributed by atoms with Crippen LogP contribution < -0.4 is 0 Å². The van der Waals surface area contributed by atoms with E-state index in [-0.39, 0.29) is 18.1 Å². The summed E-state index contributed by atoms with van der Waals surface area (Å²) in [5, 5.41) is 23.4. The van der Waals surface area contributed by atoms with E-state index < -0.39 is 5.60 Å². The summed E-state index contributed by atoms with van der Waals surface area (Å²) in [5.74, 6) is -0.677. The summed E-state index contributed by atoms with van der Waals surface area (Å²) in [5.41, 5.74) is 0.408. The zero-order valence-corrected chi connectivity index (χ0v) is 14.8. The van der Waals surface area contributed by atoms with Crippen molar-refractivity contribution in [1.82, 2.24) is 15.4 Å². The van der Waals surface area contributed by atoms with Gasteiger partial charge >= 0.3 is 0 Å². The molecule has 2 N–H and O–H groups in total. The number of aromatic amines is 1. The Morgan fingerprint density at radius 2 is 1.73 bits per heavy atom. The minimum absolute atomic E-state index is 0.182. The molecule has 26 heavy (non-hydrogen) atoms. The van der Waals surface area contributed by atoms with E-state index in [9.17, 15) is 13.9 Å². The van der Waals surface area contributed by atoms with E-state index in [1.807, 2.05) is 0 Å². The van der Waals surface area contributed by atoms with Gasteiger partial charge in [0.05, 0.1) is 5.69 Å². The summed E-state index contributed by atoms with van der Waals surface area (Å²) in [4.78, 5) is 0.841. The van der Waals surface area contributed by atoms with Crippen LogP contribution in [0.15, 0.2) is 70.6 Å². The standard InChI is InChI=1S/C19H17F2N3OS/c1-13(12-26-18-8-6-16(21)7-9-18)19(25,10-17-11-22-24-23-17)14-2-4-15(20)5-3-14/h2-9,11-12,25H,10H2,1H3,(H,22,23,24). The number of nitrogens with zero attached hydrogens (tertiary/aromatic N) is 2. The lowest BCUT2D eigenvalue weighted by Gasteiger charge is -2.29. The van der Waals surface area contributed by atoms with Crippen molar-refractivity contribution in [1.29, 1.82) is 0 Å². The number of thioether (sulfide) groups is 1. The summed E-state index contributed by atoms with van der Waals surface area (Å²) in [6.45, 7) is 1.79. The second-order valence-corrected chi connectivity index (χ2v) is 6.82. The third-order valence-corrected chi connectivity index (χ3v) is 5.08. The molecule has 134 valence electrons. The van der Waals surface area contributed by atoms with Crippen LogP contribution in [0.4, 0.5) is 8.78 Å². The molecule has 0 aliphatic heterocycles. The minimum Gasteiger partial charge on any atom is -0.380 e. The average Bonchev–Trinajstić information content (AvgIpc) is 3.14. The summed E-state index contributed by atoms with van der Waals surface area (Å²) >= 11 is 1.37. The molecule has 0 aliphatic carbocycles. The Bertz CT molecular complexity index is 880. The van der Waals surface area contributed by atoms with Crippen molar-refractivity contribution in [2.75, 3.05) is 0 Å². The summed E-state index contributed by atoms with van der Waals surface area (Å²) in [6.07, 6.45) is 1.79. The second kappa shape index (κ2) is 7.80. The first kappa shape index (κ1) is 18.3. The number of benzene rings is 2. The normalized spacial score (nSPS) is 14.2. The molecular weight excluding hydrogens is 356 g/mol. The maximum absolute atomic E-state index is 13.3. The van der Waals surface area contributed by atoms with Crippen LogP contribution in [0.1, 0.15) is 18.2 Å². The first-order valence-electron chi connectivity index (χ1n) is 7.90. The van der Waals surface area contributed by atoms with Gasteiger partial charge in [-0.15, -0.1) is 5.10 Å². The molecule has 4 nitrogen and oxygen atoms in total. The fourth-order valence-electron chi connectivity index (χ4n) is 2.54. The van der Waals surface area contributed by atoms with Crippen LogP contribution in [0.25, 0.3) is 0 Å². The molecular formula is C19H17F2N3OS. The van der Waals surface area contributed by atoms with E-state index >= 15 is 0 Å². The highest BCUT2D eigenvalue weighted by molar-refractivity contribution is 8.02. The molecule has 0 radical (unpaired) electrons. The number of H-pyrrole nitrogens is 1. The molecule has 7 heteroatoms. The third kappa shape index (κ3) is 4.17. The lowest BCUT2D eigenvalue weighted by Crippen LogP contribution is -2.30. The summed E-state index contributed by atoms with van der Waals surface area (Å²) in [6, 6.07) is 11.8. The van der Waals surface area contributed by atoms with Crippen molar-refractivity contribution in [2.24, 2.45) is 0 Å². The first-order chi connectivity index (χ1) is 12.5. The maximum atomic E-state index is 13.3. The van der Waals surface area contributed by atoms with Crippen LogP contribution in [0.2, 0.25) is 0 Å². The smallest absolute Gasteiger partial charge is 0.123 e. The van der Waals surface area contributed by atoms with Gasteiger partial charge in [0.15, 0.2) is 0 Å². The van der Waals surface area contributed by atoms with Gasteiger partial charge in [0.1, 0.15) is 17.2 Å². The first-order valence-corrected chi connectivity index (χ1v) is 8.78. The van der Waals surface area contributed by atoms with E-state index in [2.05, 4.69) is 15.4 Å². The molecule has 0 spiro atoms. The van der Waals surface area contributed by atoms with Crippen molar-refractivity contribution >= 4 is 11.8 Å². The van der Waals surface area contributed by atoms with E-state index in [4.69, 9.17) is 0 Å². The van der Waals surface area contributed by atoms with Crippen LogP contribution in [0.5, 0.6) is 0 Å². The molecule has 1 heterocycles. The minimum atomic E-state index is -1.38. The lowest BCUT2D eigenvalue weighted by molar-refractivity contribution is 0.0757. The van der Waals surface area contributed by atoms with Crippen LogP contribution >= 0.6 is 11.8 Å². The van der Waals surface area contributed by atoms with E-state index in [0.29, 0.717) is 16.8 Å². The monoisotopic (exact) mass is 373 g/mol. The van der Waals surface area contributed by atoms with Crippen molar-refractivity contribution in [3.63, 3.8) is 0 Å². The molecule has 1 aromatic heterocycles. The highest BCUT2D eigenvalue weighted by Crippen LogP contribution is 2.35. The van der Waals surface area contributed by atoms with Gasteiger partial charge in [0.25, 0.3) is 0 Å². The van der Waals surface area contributed by atoms with Gasteiger partial charge in [0, 0.05) is 17.5 Å². The molecule has 0 bridgehead atoms. The summed E-state index contributed by atoms with van der Waals surface area (Å²) < 4.78 is 26.3. The highest BCUT2D eigenvalue weighted by atomic mass is 32.2. The number of hydrogen-bond donors (Lipinski definition) is 2. The Labute approximate surface area is 154 Å². The largest absolute Gasteiger partial charge is 0.380 e. The van der Waals surface area contributed by atoms with Crippen molar-refractivity contribution in [2.45, 2.75) is 23.8 Å². The van der Waals surface area contributed by atoms with E-state index in [1.54, 1.807) is 42.8 Å². The number of aliphatic hydroxyl groups is 1. The molecule has 0 aliphatic rings. The van der Waals surface area contributed by atoms with Gasteiger partial charge in [-0.05, 0) is 59.9 Å². The number of rotatable bonds is 6. The Morgan fingerprint density at radius 1 is 1.12 bits per heavy atom. The van der Waals surface area contributed by atoms with Gasteiger partial charge in [0.2, 0.25) is 0 Å². The van der Waals surface area contributed by atoms with Crippen LogP contribution in [-0.4, -0.2) is 20.5 Å². The predicted octanol–water partition coefficient (Wildman–Crippen LogP) is 4.21. The quantitative estimate of drug-likeness (QED) is 0.636. The Hall–Kier alpha value is -2.51. The van der Waals surface area contributed by atoms with Crippen LogP contribution in [0.3, 0.4) is 0 Å². The molecule has 0 fully saturated rings. The van der Waals surface area contributed by atoms with Gasteiger partial charge in [-0.2, -0.15) is 0 Å². The molecule has 0 amide bonds. The average molecular weight is 373 g/mol. The second-order valence-electron chi connectivity index (χ2n) is 5.88. The molecule has 3 rings (SSSR count). The van der Waals surface area contributed by atoms with Gasteiger partial charge in [-0.3, -0.25) is 5.10 Å². The number of aromatic nitrogens is 3. The lowest BCUT2D eigenvalue weighted by atomic mass is 9.84. The fraction of sp³-hybridized carbons (Fsp3) is 0.158. The zero-order valence-electron chi connectivity index (χ0n) is 14.0. The molecule has 1 atom stereocenters. The van der Waals surface area contributed by atoms with Gasteiger partial charge < -0.3 is 5.11 Å². The van der Waals surface area contributed by atoms with E-state index in [1.165, 1.54) is 36.0 Å². The zero-order chi connectivity index (χ0) is 18.6. The van der Waals surface area contributed by atoms with Gasteiger partial charge in [-0.1, -0.05) is 29.1 Å². The fourth-order valence-corrected chi connectivity index (χ4v) is 3.34. The SMILES string of the molecule is CC(=CSc1ccc(F)cc1)C(O)(Cc1c[nH]nn1)c1ccc(F)cc1.